The van der Waals surface area contributed by atoms with E-state index in [1.807, 2.05) is 60.7 Å². The number of nitrogens with two attached hydrogens (primary N) is 1. The van der Waals surface area contributed by atoms with E-state index in [1.54, 1.807) is 23.9 Å². The SMILES string of the molecule is NC(CO)(CCc1ccc(-c2ccc(SCc3ccccc3)cc2F)cc1)COP(=O)(O)O. The van der Waals surface area contributed by atoms with Crippen molar-refractivity contribution in [3.8, 4) is 11.1 Å². The quantitative estimate of drug-likeness (QED) is 0.230. The Balaban J connectivity index is 1.60. The molecule has 3 aromatic carbocycles. The Hall–Kier alpha value is -2.03. The second-order valence-corrected chi connectivity index (χ2v) is 10.2. The number of phosphoric acid groups is 1. The molecule has 0 spiro atoms. The van der Waals surface area contributed by atoms with E-state index >= 15 is 0 Å². The average Bonchev–Trinajstić information content (AvgIpc) is 2.81. The molecule has 1 atom stereocenters. The molecule has 0 saturated heterocycles. The number of phosphoric ester groups is 1. The van der Waals surface area contributed by atoms with Crippen LogP contribution in [0, 0.1) is 5.82 Å². The van der Waals surface area contributed by atoms with Crippen LogP contribution in [0.15, 0.2) is 77.7 Å². The van der Waals surface area contributed by atoms with Crippen LogP contribution in [-0.2, 0) is 21.3 Å². The average molecular weight is 492 g/mol. The molecule has 0 aliphatic carbocycles. The molecular weight excluding hydrogens is 464 g/mol. The van der Waals surface area contributed by atoms with Gasteiger partial charge < -0.3 is 20.6 Å². The second-order valence-electron chi connectivity index (χ2n) is 7.90. The summed E-state index contributed by atoms with van der Waals surface area (Å²) in [6.45, 7) is -0.948. The molecule has 3 rings (SSSR count). The van der Waals surface area contributed by atoms with Gasteiger partial charge in [-0.1, -0.05) is 60.7 Å². The summed E-state index contributed by atoms with van der Waals surface area (Å²) in [6.07, 6.45) is 0.712. The van der Waals surface area contributed by atoms with E-state index in [2.05, 4.69) is 4.52 Å². The summed E-state index contributed by atoms with van der Waals surface area (Å²) in [7, 11) is -4.67. The first-order valence-electron chi connectivity index (χ1n) is 10.3. The minimum absolute atomic E-state index is 0.255. The first-order chi connectivity index (χ1) is 15.7. The van der Waals surface area contributed by atoms with Crippen molar-refractivity contribution in [2.75, 3.05) is 13.2 Å². The van der Waals surface area contributed by atoms with Crippen LogP contribution in [0.4, 0.5) is 4.39 Å². The van der Waals surface area contributed by atoms with Crippen molar-refractivity contribution >= 4 is 19.6 Å². The first-order valence-corrected chi connectivity index (χ1v) is 12.8. The molecule has 33 heavy (non-hydrogen) atoms. The van der Waals surface area contributed by atoms with Gasteiger partial charge in [0.15, 0.2) is 0 Å². The third-order valence-electron chi connectivity index (χ3n) is 5.20. The lowest BCUT2D eigenvalue weighted by molar-refractivity contribution is 0.102. The normalized spacial score (nSPS) is 13.6. The van der Waals surface area contributed by atoms with Crippen LogP contribution >= 0.6 is 19.6 Å². The Morgan fingerprint density at radius 3 is 2.30 bits per heavy atom. The fourth-order valence-electron chi connectivity index (χ4n) is 3.21. The summed E-state index contributed by atoms with van der Waals surface area (Å²) in [4.78, 5) is 18.5. The Kier molecular flexibility index (Phi) is 8.84. The third-order valence-corrected chi connectivity index (χ3v) is 6.73. The number of benzene rings is 3. The lowest BCUT2D eigenvalue weighted by Crippen LogP contribution is -2.48. The zero-order chi connectivity index (χ0) is 23.9. The molecule has 176 valence electrons. The number of aliphatic hydroxyl groups excluding tert-OH is 1. The third kappa shape index (κ3) is 8.05. The fourth-order valence-corrected chi connectivity index (χ4v) is 4.52. The van der Waals surface area contributed by atoms with Gasteiger partial charge in [-0.2, -0.15) is 0 Å². The summed E-state index contributed by atoms with van der Waals surface area (Å²) < 4.78 is 30.1. The van der Waals surface area contributed by atoms with Gasteiger partial charge in [0.25, 0.3) is 0 Å². The molecule has 0 aliphatic heterocycles. The van der Waals surface area contributed by atoms with E-state index in [0.717, 1.165) is 21.8 Å². The summed E-state index contributed by atoms with van der Waals surface area (Å²) in [5.41, 5.74) is 8.04. The Morgan fingerprint density at radius 2 is 1.70 bits per heavy atom. The predicted octanol–water partition coefficient (Wildman–Crippen LogP) is 4.52. The van der Waals surface area contributed by atoms with Crippen molar-refractivity contribution in [3.05, 3.63) is 89.7 Å². The smallest absolute Gasteiger partial charge is 0.394 e. The van der Waals surface area contributed by atoms with Crippen molar-refractivity contribution in [1.82, 2.24) is 0 Å². The molecule has 3 aromatic rings. The minimum Gasteiger partial charge on any atom is -0.394 e. The molecule has 0 heterocycles. The van der Waals surface area contributed by atoms with Crippen molar-refractivity contribution < 1.29 is 28.4 Å². The molecule has 0 radical (unpaired) electrons. The van der Waals surface area contributed by atoms with Gasteiger partial charge >= 0.3 is 7.82 Å². The number of aliphatic hydroxyl groups is 1. The zero-order valence-electron chi connectivity index (χ0n) is 17.9. The van der Waals surface area contributed by atoms with Gasteiger partial charge in [0, 0.05) is 16.2 Å². The van der Waals surface area contributed by atoms with Gasteiger partial charge in [-0.05, 0) is 41.7 Å². The molecule has 5 N–H and O–H groups in total. The number of thioether (sulfide) groups is 1. The van der Waals surface area contributed by atoms with Gasteiger partial charge in [0.05, 0.1) is 18.8 Å². The second kappa shape index (κ2) is 11.4. The minimum atomic E-state index is -4.67. The molecule has 0 bridgehead atoms. The summed E-state index contributed by atoms with van der Waals surface area (Å²) in [6, 6.07) is 22.5. The molecule has 0 fully saturated rings. The fraction of sp³-hybridized carbons (Fsp3) is 0.250. The maximum Gasteiger partial charge on any atom is 0.469 e. The van der Waals surface area contributed by atoms with Crippen LogP contribution in [0.3, 0.4) is 0 Å². The Morgan fingerprint density at radius 1 is 1.00 bits per heavy atom. The number of hydrogen-bond acceptors (Lipinski definition) is 5. The highest BCUT2D eigenvalue weighted by atomic mass is 32.2. The van der Waals surface area contributed by atoms with Crippen molar-refractivity contribution in [1.29, 1.82) is 0 Å². The molecule has 6 nitrogen and oxygen atoms in total. The van der Waals surface area contributed by atoms with Crippen LogP contribution in [0.5, 0.6) is 0 Å². The van der Waals surface area contributed by atoms with Gasteiger partial charge in [-0.25, -0.2) is 8.96 Å². The highest BCUT2D eigenvalue weighted by molar-refractivity contribution is 7.98. The summed E-state index contributed by atoms with van der Waals surface area (Å²) in [5.74, 6) is 0.473. The van der Waals surface area contributed by atoms with E-state index in [9.17, 15) is 14.1 Å². The maximum absolute atomic E-state index is 14.8. The molecule has 1 unspecified atom stereocenters. The van der Waals surface area contributed by atoms with E-state index in [1.165, 1.54) is 5.56 Å². The number of hydrogen-bond donors (Lipinski definition) is 4. The summed E-state index contributed by atoms with van der Waals surface area (Å²) >= 11 is 1.58. The molecule has 0 amide bonds. The number of aryl methyl sites for hydroxylation is 1. The maximum atomic E-state index is 14.8. The molecule has 0 saturated carbocycles. The Bertz CT molecular complexity index is 1090. The van der Waals surface area contributed by atoms with E-state index in [0.29, 0.717) is 12.0 Å². The number of halogens is 1. The summed E-state index contributed by atoms with van der Waals surface area (Å²) in [5, 5.41) is 9.51. The van der Waals surface area contributed by atoms with E-state index in [4.69, 9.17) is 15.5 Å². The van der Waals surface area contributed by atoms with Gasteiger partial charge in [-0.3, -0.25) is 4.52 Å². The van der Waals surface area contributed by atoms with Crippen molar-refractivity contribution in [2.24, 2.45) is 5.73 Å². The molecular formula is C24H27FNO5PS. The molecule has 9 heteroatoms. The lowest BCUT2D eigenvalue weighted by Gasteiger charge is -2.27. The van der Waals surface area contributed by atoms with E-state index in [-0.39, 0.29) is 12.2 Å². The van der Waals surface area contributed by atoms with Crippen LogP contribution in [0.2, 0.25) is 0 Å². The highest BCUT2D eigenvalue weighted by Gasteiger charge is 2.28. The van der Waals surface area contributed by atoms with Crippen LogP contribution in [0.25, 0.3) is 11.1 Å². The van der Waals surface area contributed by atoms with Gasteiger partial charge in [-0.15, -0.1) is 11.8 Å². The van der Waals surface area contributed by atoms with Crippen LogP contribution in [0.1, 0.15) is 17.5 Å². The highest BCUT2D eigenvalue weighted by Crippen LogP contribution is 2.37. The first kappa shape index (κ1) is 25.6. The van der Waals surface area contributed by atoms with Crippen LogP contribution in [-0.4, -0.2) is 33.6 Å². The topological polar surface area (TPSA) is 113 Å². The standard InChI is InChI=1S/C24H27FNO5PS/c25-23-14-21(33-15-19-4-2-1-3-5-19)10-11-22(23)20-8-6-18(7-9-20)12-13-24(26,16-27)17-31-32(28,29)30/h1-11,14,27H,12-13,15-17,26H2,(H2,28,29,30). The Labute approximate surface area is 196 Å². The van der Waals surface area contributed by atoms with Crippen molar-refractivity contribution in [2.45, 2.75) is 29.0 Å². The monoisotopic (exact) mass is 491 g/mol. The van der Waals surface area contributed by atoms with Crippen molar-refractivity contribution in [3.63, 3.8) is 0 Å². The molecule has 0 aliphatic rings. The number of rotatable bonds is 11. The van der Waals surface area contributed by atoms with Gasteiger partial charge in [0.1, 0.15) is 5.82 Å². The lowest BCUT2D eigenvalue weighted by atomic mass is 9.93. The zero-order valence-corrected chi connectivity index (χ0v) is 19.6. The predicted molar refractivity (Wildman–Crippen MR) is 128 cm³/mol. The van der Waals surface area contributed by atoms with E-state index < -0.39 is 26.6 Å². The van der Waals surface area contributed by atoms with Crippen LogP contribution < -0.4 is 5.73 Å². The molecule has 0 aromatic heterocycles. The van der Waals surface area contributed by atoms with Gasteiger partial charge in [0.2, 0.25) is 0 Å². The largest absolute Gasteiger partial charge is 0.469 e.